The number of thiazole rings is 1. The van der Waals surface area contributed by atoms with E-state index in [1.165, 1.54) is 0 Å². The minimum absolute atomic E-state index is 0.351. The Bertz CT molecular complexity index is 727. The molecular formula is C17H22N4O2S. The topological polar surface area (TPSA) is 81.8 Å². The maximum atomic E-state index is 5.97. The number of ether oxygens (including phenoxy) is 2. The van der Waals surface area contributed by atoms with Crippen LogP contribution in [0.3, 0.4) is 0 Å². The van der Waals surface area contributed by atoms with Gasteiger partial charge in [-0.1, -0.05) is 13.8 Å². The first-order chi connectivity index (χ1) is 11.6. The molecule has 0 saturated heterocycles. The third-order valence-corrected chi connectivity index (χ3v) is 4.69. The monoisotopic (exact) mass is 346 g/mol. The van der Waals surface area contributed by atoms with E-state index >= 15 is 0 Å². The molecule has 0 amide bonds. The van der Waals surface area contributed by atoms with Gasteiger partial charge < -0.3 is 20.5 Å². The Morgan fingerprint density at radius 2 is 2.12 bits per heavy atom. The van der Waals surface area contributed by atoms with E-state index in [9.17, 15) is 0 Å². The summed E-state index contributed by atoms with van der Waals surface area (Å²) in [7, 11) is 0. The maximum absolute atomic E-state index is 5.97. The van der Waals surface area contributed by atoms with Gasteiger partial charge in [0.15, 0.2) is 17.5 Å². The standard InChI is InChI=1S/C17H22N4O2S/c1-11(2)16-20-13(10-24-16)9-19-17(18)21-12-4-5-14-15(8-12)23-7-3-6-22-14/h4-5,8,10-11H,3,6-7,9H2,1-2H3,(H3,18,19,21). The van der Waals surface area contributed by atoms with Gasteiger partial charge in [-0.3, -0.25) is 0 Å². The summed E-state index contributed by atoms with van der Waals surface area (Å²) in [5.74, 6) is 2.28. The summed E-state index contributed by atoms with van der Waals surface area (Å²) in [5.41, 5.74) is 7.73. The smallest absolute Gasteiger partial charge is 0.193 e. The number of hydrogen-bond acceptors (Lipinski definition) is 5. The van der Waals surface area contributed by atoms with Crippen molar-refractivity contribution in [2.24, 2.45) is 10.7 Å². The van der Waals surface area contributed by atoms with E-state index in [1.54, 1.807) is 11.3 Å². The average molecular weight is 346 g/mol. The molecule has 0 unspecified atom stereocenters. The highest BCUT2D eigenvalue weighted by molar-refractivity contribution is 7.09. The van der Waals surface area contributed by atoms with Gasteiger partial charge in [0.05, 0.1) is 30.5 Å². The van der Waals surface area contributed by atoms with Gasteiger partial charge in [-0.15, -0.1) is 11.3 Å². The molecular weight excluding hydrogens is 324 g/mol. The molecule has 0 atom stereocenters. The van der Waals surface area contributed by atoms with E-state index in [-0.39, 0.29) is 0 Å². The van der Waals surface area contributed by atoms with Crippen LogP contribution in [0.15, 0.2) is 28.6 Å². The fourth-order valence-corrected chi connectivity index (χ4v) is 3.08. The van der Waals surface area contributed by atoms with Crippen LogP contribution in [0.5, 0.6) is 11.5 Å². The lowest BCUT2D eigenvalue weighted by molar-refractivity contribution is 0.297. The summed E-state index contributed by atoms with van der Waals surface area (Å²) in [4.78, 5) is 8.90. The number of hydrogen-bond donors (Lipinski definition) is 2. The average Bonchev–Trinajstić information content (AvgIpc) is 2.92. The van der Waals surface area contributed by atoms with Gasteiger partial charge >= 0.3 is 0 Å². The van der Waals surface area contributed by atoms with Crippen LogP contribution in [0, 0.1) is 0 Å². The molecule has 0 saturated carbocycles. The molecule has 24 heavy (non-hydrogen) atoms. The fraction of sp³-hybridized carbons (Fsp3) is 0.412. The zero-order valence-corrected chi connectivity index (χ0v) is 14.7. The van der Waals surface area contributed by atoms with Crippen LogP contribution < -0.4 is 20.5 Å². The number of guanidine groups is 1. The molecule has 0 fully saturated rings. The number of aromatic nitrogens is 1. The molecule has 1 aliphatic rings. The van der Waals surface area contributed by atoms with Crippen molar-refractivity contribution in [3.63, 3.8) is 0 Å². The quantitative estimate of drug-likeness (QED) is 0.655. The molecule has 0 bridgehead atoms. The molecule has 2 heterocycles. The first-order valence-electron chi connectivity index (χ1n) is 8.02. The Kier molecular flexibility index (Phi) is 5.20. The van der Waals surface area contributed by atoms with Crippen LogP contribution in [0.2, 0.25) is 0 Å². The Morgan fingerprint density at radius 3 is 2.88 bits per heavy atom. The van der Waals surface area contributed by atoms with Crippen LogP contribution >= 0.6 is 11.3 Å². The number of rotatable bonds is 4. The van der Waals surface area contributed by atoms with Gasteiger partial charge in [-0.25, -0.2) is 9.98 Å². The van der Waals surface area contributed by atoms with Crippen molar-refractivity contribution in [1.29, 1.82) is 0 Å². The Balaban J connectivity index is 1.63. The van der Waals surface area contributed by atoms with Crippen molar-refractivity contribution >= 4 is 23.0 Å². The summed E-state index contributed by atoms with van der Waals surface area (Å²) in [6.45, 7) is 6.06. The number of nitrogens with one attached hydrogen (secondary N) is 1. The molecule has 0 aliphatic carbocycles. The molecule has 2 aromatic rings. The first kappa shape index (κ1) is 16.6. The summed E-state index contributed by atoms with van der Waals surface area (Å²) in [5, 5.41) is 6.23. The predicted molar refractivity (Wildman–Crippen MR) is 97.2 cm³/mol. The second-order valence-electron chi connectivity index (χ2n) is 5.87. The molecule has 3 rings (SSSR count). The number of benzene rings is 1. The van der Waals surface area contributed by atoms with Gasteiger partial charge in [0.2, 0.25) is 0 Å². The van der Waals surface area contributed by atoms with E-state index in [4.69, 9.17) is 15.2 Å². The third kappa shape index (κ3) is 4.17. The molecule has 128 valence electrons. The van der Waals surface area contributed by atoms with E-state index < -0.39 is 0 Å². The second-order valence-corrected chi connectivity index (χ2v) is 6.76. The normalized spacial score (nSPS) is 14.5. The SMILES string of the molecule is CC(C)c1nc(CN=C(N)Nc2ccc3c(c2)OCCCO3)cs1. The highest BCUT2D eigenvalue weighted by Gasteiger charge is 2.11. The van der Waals surface area contributed by atoms with Crippen molar-refractivity contribution < 1.29 is 9.47 Å². The number of fused-ring (bicyclic) bond motifs is 1. The van der Waals surface area contributed by atoms with Crippen molar-refractivity contribution in [2.45, 2.75) is 32.7 Å². The largest absolute Gasteiger partial charge is 0.490 e. The zero-order valence-electron chi connectivity index (χ0n) is 13.9. The van der Waals surface area contributed by atoms with Crippen molar-refractivity contribution in [2.75, 3.05) is 18.5 Å². The lowest BCUT2D eigenvalue weighted by atomic mass is 10.2. The molecule has 0 spiro atoms. The van der Waals surface area contributed by atoms with Gasteiger partial charge in [0.1, 0.15) is 0 Å². The Labute approximate surface area is 145 Å². The molecule has 1 aromatic heterocycles. The third-order valence-electron chi connectivity index (χ3n) is 3.49. The van der Waals surface area contributed by atoms with E-state index in [0.29, 0.717) is 31.6 Å². The van der Waals surface area contributed by atoms with Gasteiger partial charge in [-0.2, -0.15) is 0 Å². The Morgan fingerprint density at radius 1 is 1.33 bits per heavy atom. The fourth-order valence-electron chi connectivity index (χ4n) is 2.26. The molecule has 1 aliphatic heterocycles. The van der Waals surface area contributed by atoms with Gasteiger partial charge in [0.25, 0.3) is 0 Å². The summed E-state index contributed by atoms with van der Waals surface area (Å²) in [6, 6.07) is 5.66. The number of anilines is 1. The maximum Gasteiger partial charge on any atom is 0.193 e. The highest BCUT2D eigenvalue weighted by atomic mass is 32.1. The van der Waals surface area contributed by atoms with Crippen LogP contribution in [0.1, 0.15) is 36.9 Å². The van der Waals surface area contributed by atoms with Crippen molar-refractivity contribution in [1.82, 2.24) is 4.98 Å². The minimum Gasteiger partial charge on any atom is -0.490 e. The van der Waals surface area contributed by atoms with Crippen molar-refractivity contribution in [3.8, 4) is 11.5 Å². The van der Waals surface area contributed by atoms with Crippen LogP contribution in [0.25, 0.3) is 0 Å². The van der Waals surface area contributed by atoms with E-state index in [1.807, 2.05) is 23.6 Å². The van der Waals surface area contributed by atoms with Gasteiger partial charge in [-0.05, 0) is 12.1 Å². The van der Waals surface area contributed by atoms with Crippen molar-refractivity contribution in [3.05, 3.63) is 34.3 Å². The second kappa shape index (κ2) is 7.53. The molecule has 6 nitrogen and oxygen atoms in total. The van der Waals surface area contributed by atoms with Gasteiger partial charge in [0, 0.05) is 29.5 Å². The predicted octanol–water partition coefficient (Wildman–Crippen LogP) is 3.35. The number of aliphatic imine (C=N–C) groups is 1. The molecule has 7 heteroatoms. The summed E-state index contributed by atoms with van der Waals surface area (Å²) in [6.07, 6.45) is 0.882. The molecule has 3 N–H and O–H groups in total. The number of nitrogens with two attached hydrogens (primary N) is 1. The molecule has 1 aromatic carbocycles. The van der Waals surface area contributed by atoms with E-state index in [0.717, 1.165) is 34.3 Å². The minimum atomic E-state index is 0.351. The zero-order chi connectivity index (χ0) is 16.9. The van der Waals surface area contributed by atoms with Crippen LogP contribution in [-0.2, 0) is 6.54 Å². The lowest BCUT2D eigenvalue weighted by Crippen LogP contribution is -2.22. The number of nitrogens with zero attached hydrogens (tertiary/aromatic N) is 2. The Hall–Kier alpha value is -2.28. The summed E-state index contributed by atoms with van der Waals surface area (Å²) < 4.78 is 11.3. The van der Waals surface area contributed by atoms with Crippen LogP contribution in [0.4, 0.5) is 5.69 Å². The molecule has 0 radical (unpaired) electrons. The highest BCUT2D eigenvalue weighted by Crippen LogP contribution is 2.32. The van der Waals surface area contributed by atoms with E-state index in [2.05, 4.69) is 29.1 Å². The lowest BCUT2D eigenvalue weighted by Gasteiger charge is -2.10. The summed E-state index contributed by atoms with van der Waals surface area (Å²) >= 11 is 1.66. The first-order valence-corrected chi connectivity index (χ1v) is 8.90. The van der Waals surface area contributed by atoms with Crippen LogP contribution in [-0.4, -0.2) is 24.2 Å².